The molecule has 3 unspecified atom stereocenters. The molecule has 0 aromatic heterocycles. The minimum Gasteiger partial charge on any atom is -0.285 e. The first-order valence-electron chi connectivity index (χ1n) is 7.36. The lowest BCUT2D eigenvalue weighted by atomic mass is 9.81. The molecule has 0 fully saturated rings. The van der Waals surface area contributed by atoms with Gasteiger partial charge in [-0.25, -0.2) is 0 Å². The molecular formula is C14H30O3S. The molecule has 0 amide bonds. The van der Waals surface area contributed by atoms with E-state index < -0.39 is 15.4 Å². The van der Waals surface area contributed by atoms with Crippen molar-refractivity contribution in [2.45, 2.75) is 77.9 Å². The normalized spacial score (nSPS) is 17.4. The monoisotopic (exact) mass is 278 g/mol. The third-order valence-electron chi connectivity index (χ3n) is 4.09. The van der Waals surface area contributed by atoms with Crippen LogP contribution in [0.5, 0.6) is 0 Å². The van der Waals surface area contributed by atoms with Crippen molar-refractivity contribution in [3.63, 3.8) is 0 Å². The molecule has 0 saturated carbocycles. The van der Waals surface area contributed by atoms with Gasteiger partial charge in [0.15, 0.2) is 0 Å². The van der Waals surface area contributed by atoms with Crippen LogP contribution in [-0.4, -0.2) is 18.2 Å². The molecule has 3 nitrogen and oxygen atoms in total. The number of hydrogen-bond donors (Lipinski definition) is 1. The summed E-state index contributed by atoms with van der Waals surface area (Å²) in [6, 6.07) is 0. The van der Waals surface area contributed by atoms with E-state index in [1.807, 2.05) is 6.92 Å². The van der Waals surface area contributed by atoms with Crippen LogP contribution in [0.3, 0.4) is 0 Å². The van der Waals surface area contributed by atoms with Crippen LogP contribution in [0, 0.1) is 11.8 Å². The summed E-state index contributed by atoms with van der Waals surface area (Å²) < 4.78 is 31.8. The highest BCUT2D eigenvalue weighted by atomic mass is 32.2. The van der Waals surface area contributed by atoms with Crippen LogP contribution in [0.1, 0.15) is 72.6 Å². The standard InChI is InChI=1S/C14H30O3S/c1-5-9-10-12(6-2)13(7-3)11-14(8-4)18(15,16)17/h12-14H,5-11H2,1-4H3,(H,15,16,17). The number of unbranched alkanes of at least 4 members (excludes halogenated alkanes) is 1. The van der Waals surface area contributed by atoms with E-state index in [0.29, 0.717) is 24.7 Å². The minimum absolute atomic E-state index is 0.411. The molecule has 0 saturated heterocycles. The van der Waals surface area contributed by atoms with E-state index in [0.717, 1.165) is 12.8 Å². The van der Waals surface area contributed by atoms with E-state index in [-0.39, 0.29) is 0 Å². The molecule has 0 spiro atoms. The first-order valence-corrected chi connectivity index (χ1v) is 8.87. The van der Waals surface area contributed by atoms with E-state index in [2.05, 4.69) is 20.8 Å². The van der Waals surface area contributed by atoms with Crippen molar-refractivity contribution in [2.24, 2.45) is 11.8 Å². The Morgan fingerprint density at radius 2 is 1.50 bits per heavy atom. The van der Waals surface area contributed by atoms with Crippen LogP contribution in [0.2, 0.25) is 0 Å². The zero-order chi connectivity index (χ0) is 14.2. The molecular weight excluding hydrogens is 248 g/mol. The van der Waals surface area contributed by atoms with Crippen LogP contribution < -0.4 is 0 Å². The summed E-state index contributed by atoms with van der Waals surface area (Å²) in [5, 5.41) is -0.585. The quantitative estimate of drug-likeness (QED) is 0.607. The predicted molar refractivity (Wildman–Crippen MR) is 77.3 cm³/mol. The molecule has 0 heterocycles. The molecule has 4 heteroatoms. The van der Waals surface area contributed by atoms with Crippen LogP contribution in [0.25, 0.3) is 0 Å². The zero-order valence-electron chi connectivity index (χ0n) is 12.4. The minimum atomic E-state index is -3.88. The van der Waals surface area contributed by atoms with Crippen molar-refractivity contribution >= 4 is 10.1 Å². The second-order valence-corrected chi connectivity index (χ2v) is 6.96. The van der Waals surface area contributed by atoms with E-state index >= 15 is 0 Å². The summed E-state index contributed by atoms with van der Waals surface area (Å²) in [4.78, 5) is 0. The topological polar surface area (TPSA) is 54.4 Å². The first-order chi connectivity index (χ1) is 8.40. The van der Waals surface area contributed by atoms with Crippen molar-refractivity contribution in [1.29, 1.82) is 0 Å². The summed E-state index contributed by atoms with van der Waals surface area (Å²) in [5.41, 5.74) is 0. The van der Waals surface area contributed by atoms with Gasteiger partial charge in [-0.05, 0) is 24.7 Å². The predicted octanol–water partition coefficient (Wildman–Crippen LogP) is 4.29. The third kappa shape index (κ3) is 6.19. The first kappa shape index (κ1) is 17.9. The molecule has 1 N–H and O–H groups in total. The Balaban J connectivity index is 4.64. The second-order valence-electron chi connectivity index (χ2n) is 5.26. The van der Waals surface area contributed by atoms with Gasteiger partial charge in [0.1, 0.15) is 0 Å². The fourth-order valence-corrected chi connectivity index (χ4v) is 3.68. The lowest BCUT2D eigenvalue weighted by Gasteiger charge is -2.27. The summed E-state index contributed by atoms with van der Waals surface area (Å²) in [5.74, 6) is 0.999. The van der Waals surface area contributed by atoms with Gasteiger partial charge in [-0.1, -0.05) is 59.8 Å². The van der Waals surface area contributed by atoms with E-state index in [1.165, 1.54) is 19.3 Å². The third-order valence-corrected chi connectivity index (χ3v) is 5.45. The van der Waals surface area contributed by atoms with Crippen molar-refractivity contribution in [3.05, 3.63) is 0 Å². The largest absolute Gasteiger partial charge is 0.285 e. The average Bonchev–Trinajstić information content (AvgIpc) is 2.31. The molecule has 0 aromatic carbocycles. The molecule has 0 aliphatic heterocycles. The fourth-order valence-electron chi connectivity index (χ4n) is 2.77. The van der Waals surface area contributed by atoms with Gasteiger partial charge in [0.2, 0.25) is 0 Å². The summed E-state index contributed by atoms with van der Waals surface area (Å²) in [6.07, 6.45) is 6.76. The van der Waals surface area contributed by atoms with Gasteiger partial charge in [-0.15, -0.1) is 0 Å². The molecule has 0 bridgehead atoms. The molecule has 18 heavy (non-hydrogen) atoms. The van der Waals surface area contributed by atoms with Crippen molar-refractivity contribution in [1.82, 2.24) is 0 Å². The van der Waals surface area contributed by atoms with Gasteiger partial charge in [-0.2, -0.15) is 8.42 Å². The van der Waals surface area contributed by atoms with Gasteiger partial charge in [-0.3, -0.25) is 4.55 Å². The molecule has 0 aliphatic rings. The molecule has 110 valence electrons. The van der Waals surface area contributed by atoms with Crippen molar-refractivity contribution in [2.75, 3.05) is 0 Å². The molecule has 0 rings (SSSR count). The van der Waals surface area contributed by atoms with Crippen LogP contribution in [0.4, 0.5) is 0 Å². The lowest BCUT2D eigenvalue weighted by molar-refractivity contribution is 0.264. The molecule has 0 radical (unpaired) electrons. The highest BCUT2D eigenvalue weighted by Crippen LogP contribution is 2.30. The van der Waals surface area contributed by atoms with Crippen LogP contribution >= 0.6 is 0 Å². The number of hydrogen-bond acceptors (Lipinski definition) is 2. The Bertz CT molecular complexity index is 298. The maximum Gasteiger partial charge on any atom is 0.267 e. The SMILES string of the molecule is CCCCC(CC)C(CC)CC(CC)S(=O)(=O)O. The Morgan fingerprint density at radius 1 is 0.944 bits per heavy atom. The summed E-state index contributed by atoms with van der Waals surface area (Å²) >= 11 is 0. The lowest BCUT2D eigenvalue weighted by Crippen LogP contribution is -2.26. The van der Waals surface area contributed by atoms with Crippen LogP contribution in [-0.2, 0) is 10.1 Å². The fraction of sp³-hybridized carbons (Fsp3) is 1.00. The highest BCUT2D eigenvalue weighted by molar-refractivity contribution is 7.86. The molecule has 3 atom stereocenters. The van der Waals surface area contributed by atoms with Gasteiger partial charge in [0.25, 0.3) is 10.1 Å². The maximum atomic E-state index is 11.3. The van der Waals surface area contributed by atoms with Crippen molar-refractivity contribution < 1.29 is 13.0 Å². The Kier molecular flexibility index (Phi) is 8.87. The zero-order valence-corrected chi connectivity index (χ0v) is 13.2. The Labute approximate surface area is 113 Å². The summed E-state index contributed by atoms with van der Waals surface area (Å²) in [6.45, 7) is 8.31. The van der Waals surface area contributed by atoms with Crippen molar-refractivity contribution in [3.8, 4) is 0 Å². The van der Waals surface area contributed by atoms with Gasteiger partial charge < -0.3 is 0 Å². The maximum absolute atomic E-state index is 11.3. The number of rotatable bonds is 10. The molecule has 0 aliphatic carbocycles. The van der Waals surface area contributed by atoms with E-state index in [9.17, 15) is 13.0 Å². The summed E-state index contributed by atoms with van der Waals surface area (Å²) in [7, 11) is -3.88. The average molecular weight is 278 g/mol. The van der Waals surface area contributed by atoms with E-state index in [4.69, 9.17) is 0 Å². The second kappa shape index (κ2) is 8.92. The van der Waals surface area contributed by atoms with Gasteiger partial charge >= 0.3 is 0 Å². The Hall–Kier alpha value is -0.0900. The Morgan fingerprint density at radius 3 is 1.83 bits per heavy atom. The van der Waals surface area contributed by atoms with E-state index in [1.54, 1.807) is 0 Å². The van der Waals surface area contributed by atoms with Crippen LogP contribution in [0.15, 0.2) is 0 Å². The molecule has 0 aromatic rings. The highest BCUT2D eigenvalue weighted by Gasteiger charge is 2.27. The smallest absolute Gasteiger partial charge is 0.267 e. The van der Waals surface area contributed by atoms with Gasteiger partial charge in [0.05, 0.1) is 5.25 Å². The van der Waals surface area contributed by atoms with Gasteiger partial charge in [0, 0.05) is 0 Å².